The largest absolute Gasteiger partial charge is 0.465 e. The van der Waals surface area contributed by atoms with Crippen molar-refractivity contribution in [3.63, 3.8) is 0 Å². The van der Waals surface area contributed by atoms with Gasteiger partial charge in [0, 0.05) is 28.9 Å². The molecule has 0 unspecified atom stereocenters. The summed E-state index contributed by atoms with van der Waals surface area (Å²) in [6.45, 7) is 0.304. The maximum atomic E-state index is 13.0. The predicted molar refractivity (Wildman–Crippen MR) is 128 cm³/mol. The number of H-pyrrole nitrogens is 2. The summed E-state index contributed by atoms with van der Waals surface area (Å²) in [5.74, 6) is 0.0393. The zero-order valence-corrected chi connectivity index (χ0v) is 18.4. The summed E-state index contributed by atoms with van der Waals surface area (Å²) in [5, 5.41) is 15.7. The number of fused-ring (bicyclic) bond motifs is 4. The topological polar surface area (TPSA) is 96.6 Å². The predicted octanol–water partition coefficient (Wildman–Crippen LogP) is 4.75. The van der Waals surface area contributed by atoms with Crippen LogP contribution in [0.3, 0.4) is 0 Å². The van der Waals surface area contributed by atoms with Crippen LogP contribution in [0.25, 0.3) is 22.0 Å². The maximum absolute atomic E-state index is 13.0. The summed E-state index contributed by atoms with van der Waals surface area (Å²) in [6.07, 6.45) is 2.76. The SMILES string of the molecule is O=C(C[C@@H](Cc1c[nH]c2ccccc12)c1nn[nH]n1)OCC1c2ccccc2-c2ccccc21. The van der Waals surface area contributed by atoms with E-state index < -0.39 is 0 Å². The van der Waals surface area contributed by atoms with Gasteiger partial charge < -0.3 is 9.72 Å². The number of benzene rings is 3. The Kier molecular flexibility index (Phi) is 5.14. The fraction of sp³-hybridized carbons (Fsp3) is 0.185. The van der Waals surface area contributed by atoms with Crippen molar-refractivity contribution in [3.05, 3.63) is 102 Å². The summed E-state index contributed by atoms with van der Waals surface area (Å²) in [4.78, 5) is 16.3. The van der Waals surface area contributed by atoms with E-state index in [2.05, 4.69) is 55.9 Å². The second-order valence-electron chi connectivity index (χ2n) is 8.64. The Morgan fingerprint density at radius 2 is 1.65 bits per heavy atom. The Bertz CT molecular complexity index is 1410. The van der Waals surface area contributed by atoms with E-state index in [9.17, 15) is 4.79 Å². The first kappa shape index (κ1) is 20.4. The summed E-state index contributed by atoms with van der Waals surface area (Å²) in [5.41, 5.74) is 6.99. The molecule has 0 radical (unpaired) electrons. The van der Waals surface area contributed by atoms with Gasteiger partial charge in [-0.2, -0.15) is 5.21 Å². The molecule has 7 heteroatoms. The average molecular weight is 450 g/mol. The molecular formula is C27H23N5O2. The molecule has 2 aromatic heterocycles. The first-order chi connectivity index (χ1) is 16.8. The first-order valence-electron chi connectivity index (χ1n) is 11.4. The van der Waals surface area contributed by atoms with E-state index in [1.165, 1.54) is 22.3 Å². The van der Waals surface area contributed by atoms with E-state index in [4.69, 9.17) is 4.74 Å². The molecule has 0 saturated heterocycles. The molecule has 7 nitrogen and oxygen atoms in total. The lowest BCUT2D eigenvalue weighted by molar-refractivity contribution is -0.144. The van der Waals surface area contributed by atoms with Crippen molar-refractivity contribution in [2.24, 2.45) is 0 Å². The number of rotatable bonds is 7. The number of hydrogen-bond acceptors (Lipinski definition) is 5. The highest BCUT2D eigenvalue weighted by molar-refractivity contribution is 5.83. The van der Waals surface area contributed by atoms with Crippen molar-refractivity contribution in [1.29, 1.82) is 0 Å². The highest BCUT2D eigenvalue weighted by atomic mass is 16.5. The van der Waals surface area contributed by atoms with E-state index in [0.29, 0.717) is 18.9 Å². The van der Waals surface area contributed by atoms with Gasteiger partial charge in [0.25, 0.3) is 0 Å². The Labute approximate surface area is 196 Å². The molecule has 168 valence electrons. The van der Waals surface area contributed by atoms with Gasteiger partial charge in [0.1, 0.15) is 6.61 Å². The lowest BCUT2D eigenvalue weighted by Gasteiger charge is -2.16. The van der Waals surface area contributed by atoms with Crippen LogP contribution >= 0.6 is 0 Å². The van der Waals surface area contributed by atoms with Crippen molar-refractivity contribution in [2.75, 3.05) is 6.61 Å². The number of hydrogen-bond donors (Lipinski definition) is 2. The molecule has 1 aliphatic rings. The maximum Gasteiger partial charge on any atom is 0.306 e. The number of carbonyl (C=O) groups excluding carboxylic acids is 1. The van der Waals surface area contributed by atoms with Gasteiger partial charge in [0.15, 0.2) is 5.82 Å². The van der Waals surface area contributed by atoms with Crippen LogP contribution in [0.2, 0.25) is 0 Å². The molecule has 1 aliphatic carbocycles. The molecule has 34 heavy (non-hydrogen) atoms. The zero-order chi connectivity index (χ0) is 22.9. The monoisotopic (exact) mass is 449 g/mol. The number of esters is 1. The molecule has 2 N–H and O–H groups in total. The van der Waals surface area contributed by atoms with Gasteiger partial charge in [0.2, 0.25) is 0 Å². The molecule has 0 bridgehead atoms. The summed E-state index contributed by atoms with van der Waals surface area (Å²) in [6, 6.07) is 24.8. The quantitative estimate of drug-likeness (QED) is 0.350. The average Bonchev–Trinajstić information content (AvgIpc) is 3.61. The minimum atomic E-state index is -0.267. The van der Waals surface area contributed by atoms with Gasteiger partial charge in [-0.05, 0) is 40.3 Å². The van der Waals surface area contributed by atoms with Crippen LogP contribution in [0.4, 0.5) is 0 Å². The third-order valence-electron chi connectivity index (χ3n) is 6.65. The number of nitrogens with one attached hydrogen (secondary N) is 2. The summed E-state index contributed by atoms with van der Waals surface area (Å²) >= 11 is 0. The van der Waals surface area contributed by atoms with Gasteiger partial charge in [-0.25, -0.2) is 0 Å². The van der Waals surface area contributed by atoms with E-state index in [-0.39, 0.29) is 24.2 Å². The fourth-order valence-electron chi connectivity index (χ4n) is 5.04. The smallest absolute Gasteiger partial charge is 0.306 e. The van der Waals surface area contributed by atoms with Gasteiger partial charge >= 0.3 is 5.97 Å². The number of nitrogens with zero attached hydrogens (tertiary/aromatic N) is 3. The fourth-order valence-corrected chi connectivity index (χ4v) is 5.04. The molecule has 0 amide bonds. The molecule has 6 rings (SSSR count). The highest BCUT2D eigenvalue weighted by Gasteiger charge is 2.30. The van der Waals surface area contributed by atoms with Crippen molar-refractivity contribution in [2.45, 2.75) is 24.7 Å². The molecule has 0 saturated carbocycles. The molecule has 0 fully saturated rings. The lowest BCUT2D eigenvalue weighted by atomic mass is 9.95. The van der Waals surface area contributed by atoms with Crippen LogP contribution in [-0.4, -0.2) is 38.2 Å². The molecule has 3 aromatic carbocycles. The normalized spacial score (nSPS) is 13.5. The second-order valence-corrected chi connectivity index (χ2v) is 8.64. The number of carbonyl (C=O) groups is 1. The molecule has 1 atom stereocenters. The van der Waals surface area contributed by atoms with Crippen LogP contribution in [0.1, 0.15) is 40.8 Å². The molecule has 2 heterocycles. The highest BCUT2D eigenvalue weighted by Crippen LogP contribution is 2.44. The van der Waals surface area contributed by atoms with Gasteiger partial charge in [0.05, 0.1) is 6.42 Å². The van der Waals surface area contributed by atoms with Crippen molar-refractivity contribution in [3.8, 4) is 11.1 Å². The van der Waals surface area contributed by atoms with Crippen molar-refractivity contribution >= 4 is 16.9 Å². The van der Waals surface area contributed by atoms with Crippen LogP contribution in [0.5, 0.6) is 0 Å². The number of ether oxygens (including phenoxy) is 1. The van der Waals surface area contributed by atoms with Gasteiger partial charge in [-0.1, -0.05) is 71.9 Å². The van der Waals surface area contributed by atoms with Crippen LogP contribution in [-0.2, 0) is 16.0 Å². The molecule has 5 aromatic rings. The molecule has 0 spiro atoms. The number of aromatic nitrogens is 5. The van der Waals surface area contributed by atoms with Crippen LogP contribution in [0, 0.1) is 0 Å². The Morgan fingerprint density at radius 3 is 2.38 bits per heavy atom. The summed E-state index contributed by atoms with van der Waals surface area (Å²) < 4.78 is 5.84. The minimum absolute atomic E-state index is 0.0357. The van der Waals surface area contributed by atoms with E-state index in [1.54, 1.807) is 0 Å². The third kappa shape index (κ3) is 3.65. The van der Waals surface area contributed by atoms with E-state index in [0.717, 1.165) is 16.5 Å². The Balaban J connectivity index is 1.19. The minimum Gasteiger partial charge on any atom is -0.465 e. The summed E-state index contributed by atoms with van der Waals surface area (Å²) in [7, 11) is 0. The number of tetrazole rings is 1. The van der Waals surface area contributed by atoms with E-state index in [1.807, 2.05) is 48.7 Å². The van der Waals surface area contributed by atoms with E-state index >= 15 is 0 Å². The Hall–Kier alpha value is -4.26. The number of para-hydroxylation sites is 1. The lowest BCUT2D eigenvalue weighted by Crippen LogP contribution is -2.17. The van der Waals surface area contributed by atoms with Crippen LogP contribution < -0.4 is 0 Å². The standard InChI is InChI=1S/C27H23N5O2/c33-26(34-16-24-22-10-3-1-8-20(22)21-9-2-4-11-23(21)24)14-17(27-29-31-32-30-27)13-18-15-28-25-12-6-5-7-19(18)25/h1-12,15,17,24,28H,13-14,16H2,(H,29,30,31,32)/t17-/m1/s1. The number of aromatic amines is 2. The van der Waals surface area contributed by atoms with Crippen LogP contribution in [0.15, 0.2) is 79.0 Å². The molecular weight excluding hydrogens is 426 g/mol. The zero-order valence-electron chi connectivity index (χ0n) is 18.4. The second kappa shape index (κ2) is 8.59. The van der Waals surface area contributed by atoms with Crippen molar-refractivity contribution < 1.29 is 9.53 Å². The first-order valence-corrected chi connectivity index (χ1v) is 11.4. The third-order valence-corrected chi connectivity index (χ3v) is 6.65. The Morgan fingerprint density at radius 1 is 0.941 bits per heavy atom. The van der Waals surface area contributed by atoms with Gasteiger partial charge in [-0.15, -0.1) is 10.2 Å². The molecule has 0 aliphatic heterocycles. The van der Waals surface area contributed by atoms with Gasteiger partial charge in [-0.3, -0.25) is 4.79 Å². The van der Waals surface area contributed by atoms with Crippen molar-refractivity contribution in [1.82, 2.24) is 25.6 Å².